The van der Waals surface area contributed by atoms with Crippen LogP contribution in [0.2, 0.25) is 0 Å². The van der Waals surface area contributed by atoms with E-state index in [2.05, 4.69) is 51.2 Å². The molecule has 1 saturated carbocycles. The van der Waals surface area contributed by atoms with Crippen molar-refractivity contribution in [2.75, 3.05) is 0 Å². The Kier molecular flexibility index (Phi) is 3.96. The van der Waals surface area contributed by atoms with Gasteiger partial charge in [0.2, 0.25) is 0 Å². The SMILES string of the molecule is CC(NC1CC(C)(C)CC1C)c1ccc(C#N)cc1. The first-order chi connectivity index (χ1) is 8.91. The molecule has 2 nitrogen and oxygen atoms in total. The number of benzene rings is 1. The first kappa shape index (κ1) is 14.1. The Morgan fingerprint density at radius 2 is 1.89 bits per heavy atom. The summed E-state index contributed by atoms with van der Waals surface area (Å²) in [5, 5.41) is 12.6. The lowest BCUT2D eigenvalue weighted by molar-refractivity contribution is 0.356. The molecule has 0 spiro atoms. The second-order valence-electron chi connectivity index (χ2n) is 6.78. The fourth-order valence-electron chi connectivity index (χ4n) is 3.38. The maximum absolute atomic E-state index is 8.82. The van der Waals surface area contributed by atoms with Gasteiger partial charge >= 0.3 is 0 Å². The molecule has 1 fully saturated rings. The first-order valence-corrected chi connectivity index (χ1v) is 7.17. The molecule has 2 rings (SSSR count). The standard InChI is InChI=1S/C17H24N2/c1-12-9-17(3,4)10-16(12)19-13(2)15-7-5-14(11-18)6-8-15/h5-8,12-13,16,19H,9-10H2,1-4H3. The van der Waals surface area contributed by atoms with Crippen LogP contribution in [0.3, 0.4) is 0 Å². The van der Waals surface area contributed by atoms with Crippen LogP contribution in [0.5, 0.6) is 0 Å². The van der Waals surface area contributed by atoms with Gasteiger partial charge in [-0.05, 0) is 48.8 Å². The molecule has 0 amide bonds. The van der Waals surface area contributed by atoms with Gasteiger partial charge in [0.25, 0.3) is 0 Å². The van der Waals surface area contributed by atoms with Gasteiger partial charge in [-0.2, -0.15) is 5.26 Å². The van der Waals surface area contributed by atoms with Gasteiger partial charge in [-0.15, -0.1) is 0 Å². The van der Waals surface area contributed by atoms with Crippen molar-refractivity contribution in [1.29, 1.82) is 5.26 Å². The molecule has 102 valence electrons. The molecule has 0 aromatic heterocycles. The first-order valence-electron chi connectivity index (χ1n) is 7.17. The van der Waals surface area contributed by atoms with E-state index in [1.807, 2.05) is 12.1 Å². The Hall–Kier alpha value is -1.33. The van der Waals surface area contributed by atoms with Gasteiger partial charge in [-0.3, -0.25) is 0 Å². The van der Waals surface area contributed by atoms with Crippen LogP contribution in [-0.4, -0.2) is 6.04 Å². The van der Waals surface area contributed by atoms with Crippen molar-refractivity contribution in [3.8, 4) is 6.07 Å². The summed E-state index contributed by atoms with van der Waals surface area (Å²) >= 11 is 0. The zero-order chi connectivity index (χ0) is 14.0. The van der Waals surface area contributed by atoms with Gasteiger partial charge in [0.15, 0.2) is 0 Å². The van der Waals surface area contributed by atoms with E-state index in [-0.39, 0.29) is 0 Å². The molecule has 1 aliphatic rings. The molecule has 0 aliphatic heterocycles. The number of hydrogen-bond donors (Lipinski definition) is 1. The second kappa shape index (κ2) is 5.35. The van der Waals surface area contributed by atoms with Crippen LogP contribution >= 0.6 is 0 Å². The van der Waals surface area contributed by atoms with E-state index < -0.39 is 0 Å². The maximum Gasteiger partial charge on any atom is 0.0991 e. The second-order valence-corrected chi connectivity index (χ2v) is 6.78. The molecule has 0 heterocycles. The van der Waals surface area contributed by atoms with E-state index in [9.17, 15) is 0 Å². The monoisotopic (exact) mass is 256 g/mol. The third kappa shape index (κ3) is 3.36. The minimum absolute atomic E-state index is 0.342. The van der Waals surface area contributed by atoms with Gasteiger partial charge in [0, 0.05) is 12.1 Å². The summed E-state index contributed by atoms with van der Waals surface area (Å²) in [4.78, 5) is 0. The van der Waals surface area contributed by atoms with Crippen molar-refractivity contribution in [3.05, 3.63) is 35.4 Å². The quantitative estimate of drug-likeness (QED) is 0.886. The van der Waals surface area contributed by atoms with Crippen LogP contribution in [-0.2, 0) is 0 Å². The highest BCUT2D eigenvalue weighted by Gasteiger charge is 2.36. The average molecular weight is 256 g/mol. The fourth-order valence-corrected chi connectivity index (χ4v) is 3.38. The van der Waals surface area contributed by atoms with E-state index in [1.54, 1.807) is 0 Å². The molecule has 1 aromatic carbocycles. The Morgan fingerprint density at radius 1 is 1.26 bits per heavy atom. The number of nitrogens with one attached hydrogen (secondary N) is 1. The summed E-state index contributed by atoms with van der Waals surface area (Å²) in [6.07, 6.45) is 2.54. The number of hydrogen-bond acceptors (Lipinski definition) is 2. The number of rotatable bonds is 3. The molecule has 0 saturated heterocycles. The van der Waals surface area contributed by atoms with Crippen molar-refractivity contribution >= 4 is 0 Å². The van der Waals surface area contributed by atoms with Crippen LogP contribution in [0.4, 0.5) is 0 Å². The zero-order valence-electron chi connectivity index (χ0n) is 12.4. The molecular formula is C17H24N2. The normalized spacial score (nSPS) is 26.9. The smallest absolute Gasteiger partial charge is 0.0991 e. The lowest BCUT2D eigenvalue weighted by Crippen LogP contribution is -2.33. The molecule has 3 unspecified atom stereocenters. The summed E-state index contributed by atoms with van der Waals surface area (Å²) in [5.74, 6) is 0.732. The number of nitriles is 1. The Labute approximate surface area is 116 Å². The van der Waals surface area contributed by atoms with Crippen molar-refractivity contribution in [2.45, 2.75) is 52.6 Å². The summed E-state index contributed by atoms with van der Waals surface area (Å²) in [5.41, 5.74) is 2.45. The van der Waals surface area contributed by atoms with Crippen LogP contribution in [0.1, 0.15) is 57.7 Å². The van der Waals surface area contributed by atoms with Crippen molar-refractivity contribution < 1.29 is 0 Å². The van der Waals surface area contributed by atoms with E-state index in [1.165, 1.54) is 18.4 Å². The van der Waals surface area contributed by atoms with E-state index in [0.717, 1.165) is 11.5 Å². The molecule has 19 heavy (non-hydrogen) atoms. The lowest BCUT2D eigenvalue weighted by atomic mass is 9.91. The minimum Gasteiger partial charge on any atom is -0.307 e. The van der Waals surface area contributed by atoms with E-state index >= 15 is 0 Å². The molecular weight excluding hydrogens is 232 g/mol. The van der Waals surface area contributed by atoms with Gasteiger partial charge < -0.3 is 5.32 Å². The van der Waals surface area contributed by atoms with Crippen LogP contribution in [0, 0.1) is 22.7 Å². The van der Waals surface area contributed by atoms with Crippen LogP contribution in [0.25, 0.3) is 0 Å². The average Bonchev–Trinajstić information content (AvgIpc) is 2.62. The molecule has 1 aromatic rings. The zero-order valence-corrected chi connectivity index (χ0v) is 12.4. The molecule has 3 atom stereocenters. The molecule has 2 heteroatoms. The molecule has 0 radical (unpaired) electrons. The van der Waals surface area contributed by atoms with E-state index in [0.29, 0.717) is 17.5 Å². The fraction of sp³-hybridized carbons (Fsp3) is 0.588. The topological polar surface area (TPSA) is 35.8 Å². The van der Waals surface area contributed by atoms with Crippen molar-refractivity contribution in [1.82, 2.24) is 5.32 Å². The number of nitrogens with zero attached hydrogens (tertiary/aromatic N) is 1. The minimum atomic E-state index is 0.342. The largest absolute Gasteiger partial charge is 0.307 e. The summed E-state index contributed by atoms with van der Waals surface area (Å²) in [6, 6.07) is 11.0. The van der Waals surface area contributed by atoms with Gasteiger partial charge in [-0.1, -0.05) is 32.9 Å². The Balaban J connectivity index is 2.01. The lowest BCUT2D eigenvalue weighted by Gasteiger charge is -2.24. The highest BCUT2D eigenvalue weighted by atomic mass is 15.0. The van der Waals surface area contributed by atoms with Gasteiger partial charge in [0.1, 0.15) is 0 Å². The van der Waals surface area contributed by atoms with Crippen molar-refractivity contribution in [2.24, 2.45) is 11.3 Å². The summed E-state index contributed by atoms with van der Waals surface area (Å²) in [6.45, 7) is 9.27. The highest BCUT2D eigenvalue weighted by Crippen LogP contribution is 2.41. The van der Waals surface area contributed by atoms with Crippen molar-refractivity contribution in [3.63, 3.8) is 0 Å². The van der Waals surface area contributed by atoms with Gasteiger partial charge in [-0.25, -0.2) is 0 Å². The maximum atomic E-state index is 8.82. The summed E-state index contributed by atoms with van der Waals surface area (Å²) < 4.78 is 0. The Morgan fingerprint density at radius 3 is 2.37 bits per heavy atom. The molecule has 0 bridgehead atoms. The third-order valence-electron chi connectivity index (χ3n) is 4.34. The molecule has 1 N–H and O–H groups in total. The van der Waals surface area contributed by atoms with E-state index in [4.69, 9.17) is 5.26 Å². The predicted octanol–water partition coefficient (Wildman–Crippen LogP) is 4.03. The third-order valence-corrected chi connectivity index (χ3v) is 4.34. The van der Waals surface area contributed by atoms with Crippen LogP contribution < -0.4 is 5.32 Å². The predicted molar refractivity (Wildman–Crippen MR) is 78.7 cm³/mol. The Bertz CT molecular complexity index is 467. The molecule has 1 aliphatic carbocycles. The highest BCUT2D eigenvalue weighted by molar-refractivity contribution is 5.32. The van der Waals surface area contributed by atoms with Crippen LogP contribution in [0.15, 0.2) is 24.3 Å². The van der Waals surface area contributed by atoms with Gasteiger partial charge in [0.05, 0.1) is 11.6 Å². The summed E-state index contributed by atoms with van der Waals surface area (Å²) in [7, 11) is 0.